The molecule has 1 N–H and O–H groups in total. The van der Waals surface area contributed by atoms with Crippen LogP contribution in [0.15, 0.2) is 0 Å². The Morgan fingerprint density at radius 1 is 1.38 bits per heavy atom. The summed E-state index contributed by atoms with van der Waals surface area (Å²) in [5, 5.41) is 3.59. The molecule has 1 aliphatic rings. The van der Waals surface area contributed by atoms with Gasteiger partial charge in [-0.3, -0.25) is 4.79 Å². The minimum absolute atomic E-state index is 0.132. The van der Waals surface area contributed by atoms with Crippen LogP contribution < -0.4 is 5.32 Å². The standard InChI is InChI=1S/C10H18BrNO3S/c1-16(14,15)6-9(13)12-8-10(7-11)4-2-3-5-10/h2-8H2,1H3,(H,12,13). The van der Waals surface area contributed by atoms with E-state index < -0.39 is 21.5 Å². The van der Waals surface area contributed by atoms with Gasteiger partial charge in [0, 0.05) is 18.1 Å². The lowest BCUT2D eigenvalue weighted by Crippen LogP contribution is -2.39. The Morgan fingerprint density at radius 2 is 1.94 bits per heavy atom. The van der Waals surface area contributed by atoms with Crippen molar-refractivity contribution in [3.05, 3.63) is 0 Å². The summed E-state index contributed by atoms with van der Waals surface area (Å²) in [5.74, 6) is -0.805. The molecule has 0 radical (unpaired) electrons. The molecule has 1 saturated carbocycles. The number of amides is 1. The summed E-state index contributed by atoms with van der Waals surface area (Å²) >= 11 is 3.48. The number of nitrogens with one attached hydrogen (secondary N) is 1. The van der Waals surface area contributed by atoms with E-state index in [1.54, 1.807) is 0 Å². The summed E-state index contributed by atoms with van der Waals surface area (Å²) in [6.07, 6.45) is 5.64. The van der Waals surface area contributed by atoms with Crippen molar-refractivity contribution in [2.45, 2.75) is 25.7 Å². The molecule has 0 spiro atoms. The van der Waals surface area contributed by atoms with E-state index in [9.17, 15) is 13.2 Å². The highest BCUT2D eigenvalue weighted by atomic mass is 79.9. The first-order valence-electron chi connectivity index (χ1n) is 5.37. The van der Waals surface area contributed by atoms with Gasteiger partial charge in [0.25, 0.3) is 0 Å². The van der Waals surface area contributed by atoms with Gasteiger partial charge < -0.3 is 5.32 Å². The summed E-state index contributed by atoms with van der Waals surface area (Å²) in [4.78, 5) is 11.4. The minimum atomic E-state index is -3.22. The fourth-order valence-electron chi connectivity index (χ4n) is 2.06. The molecule has 0 aliphatic heterocycles. The van der Waals surface area contributed by atoms with Gasteiger partial charge in [0.05, 0.1) is 0 Å². The quantitative estimate of drug-likeness (QED) is 0.773. The van der Waals surface area contributed by atoms with Crippen molar-refractivity contribution >= 4 is 31.7 Å². The average molecular weight is 312 g/mol. The fourth-order valence-corrected chi connectivity index (χ4v) is 3.40. The average Bonchev–Trinajstić information content (AvgIpc) is 2.61. The number of hydrogen-bond donors (Lipinski definition) is 1. The van der Waals surface area contributed by atoms with E-state index in [1.807, 2.05) is 0 Å². The van der Waals surface area contributed by atoms with E-state index in [-0.39, 0.29) is 5.41 Å². The minimum Gasteiger partial charge on any atom is -0.355 e. The third-order valence-corrected chi connectivity index (χ3v) is 4.98. The Morgan fingerprint density at radius 3 is 2.38 bits per heavy atom. The van der Waals surface area contributed by atoms with Crippen LogP contribution in [0.25, 0.3) is 0 Å². The zero-order valence-electron chi connectivity index (χ0n) is 9.46. The van der Waals surface area contributed by atoms with Crippen LogP contribution in [0.4, 0.5) is 0 Å². The summed E-state index contributed by atoms with van der Waals surface area (Å²) in [7, 11) is -3.22. The van der Waals surface area contributed by atoms with Crippen molar-refractivity contribution in [3.8, 4) is 0 Å². The van der Waals surface area contributed by atoms with E-state index in [4.69, 9.17) is 0 Å². The predicted octanol–water partition coefficient (Wildman–Crippen LogP) is 1.10. The molecule has 1 aliphatic carbocycles. The van der Waals surface area contributed by atoms with Crippen LogP contribution in [-0.2, 0) is 14.6 Å². The molecule has 0 atom stereocenters. The van der Waals surface area contributed by atoms with Gasteiger partial charge in [-0.15, -0.1) is 0 Å². The third kappa shape index (κ3) is 4.41. The molecule has 1 fully saturated rings. The molecule has 0 heterocycles. The van der Waals surface area contributed by atoms with E-state index in [0.717, 1.165) is 24.4 Å². The van der Waals surface area contributed by atoms with Crippen molar-refractivity contribution in [1.82, 2.24) is 5.32 Å². The number of halogens is 1. The molecular weight excluding hydrogens is 294 g/mol. The molecule has 0 aromatic heterocycles. The van der Waals surface area contributed by atoms with Crippen LogP contribution in [0.2, 0.25) is 0 Å². The van der Waals surface area contributed by atoms with Gasteiger partial charge in [0.15, 0.2) is 9.84 Å². The molecule has 0 saturated heterocycles. The monoisotopic (exact) mass is 311 g/mol. The largest absolute Gasteiger partial charge is 0.355 e. The van der Waals surface area contributed by atoms with E-state index in [0.29, 0.717) is 6.54 Å². The van der Waals surface area contributed by atoms with Crippen LogP contribution in [0, 0.1) is 5.41 Å². The first-order chi connectivity index (χ1) is 7.37. The van der Waals surface area contributed by atoms with Gasteiger partial charge in [-0.1, -0.05) is 28.8 Å². The number of alkyl halides is 1. The highest BCUT2D eigenvalue weighted by Gasteiger charge is 2.33. The maximum absolute atomic E-state index is 11.4. The topological polar surface area (TPSA) is 63.2 Å². The van der Waals surface area contributed by atoms with E-state index in [1.165, 1.54) is 12.8 Å². The zero-order chi connectivity index (χ0) is 12.2. The van der Waals surface area contributed by atoms with Crippen molar-refractivity contribution in [2.24, 2.45) is 5.41 Å². The highest BCUT2D eigenvalue weighted by Crippen LogP contribution is 2.38. The van der Waals surface area contributed by atoms with Gasteiger partial charge >= 0.3 is 0 Å². The van der Waals surface area contributed by atoms with Crippen LogP contribution in [0.1, 0.15) is 25.7 Å². The lowest BCUT2D eigenvalue weighted by molar-refractivity contribution is -0.119. The molecule has 6 heteroatoms. The highest BCUT2D eigenvalue weighted by molar-refractivity contribution is 9.09. The summed E-state index contributed by atoms with van der Waals surface area (Å²) in [6.45, 7) is 0.576. The van der Waals surface area contributed by atoms with Gasteiger partial charge in [0.1, 0.15) is 5.75 Å². The second-order valence-electron chi connectivity index (χ2n) is 4.69. The maximum atomic E-state index is 11.4. The fraction of sp³-hybridized carbons (Fsp3) is 0.900. The summed E-state index contributed by atoms with van der Waals surface area (Å²) < 4.78 is 21.8. The molecule has 94 valence electrons. The van der Waals surface area contributed by atoms with Gasteiger partial charge in [-0.05, 0) is 18.3 Å². The molecule has 1 amide bonds. The van der Waals surface area contributed by atoms with E-state index >= 15 is 0 Å². The van der Waals surface area contributed by atoms with Crippen molar-refractivity contribution < 1.29 is 13.2 Å². The Bertz CT molecular complexity index is 347. The zero-order valence-corrected chi connectivity index (χ0v) is 11.9. The van der Waals surface area contributed by atoms with Gasteiger partial charge in [-0.2, -0.15) is 0 Å². The molecule has 4 nitrogen and oxygen atoms in total. The number of hydrogen-bond acceptors (Lipinski definition) is 3. The summed E-state index contributed by atoms with van der Waals surface area (Å²) in [6, 6.07) is 0. The molecule has 16 heavy (non-hydrogen) atoms. The van der Waals surface area contributed by atoms with E-state index in [2.05, 4.69) is 21.2 Å². The first kappa shape index (κ1) is 14.0. The second kappa shape index (κ2) is 5.49. The third-order valence-electron chi connectivity index (χ3n) is 3.00. The number of rotatable bonds is 5. The summed E-state index contributed by atoms with van der Waals surface area (Å²) in [5.41, 5.74) is 0.132. The van der Waals surface area contributed by atoms with Gasteiger partial charge in [-0.25, -0.2) is 8.42 Å². The molecule has 0 bridgehead atoms. The lowest BCUT2D eigenvalue weighted by atomic mass is 9.89. The first-order valence-corrected chi connectivity index (χ1v) is 8.55. The normalized spacial score (nSPS) is 19.6. The SMILES string of the molecule is CS(=O)(=O)CC(=O)NCC1(CBr)CCCC1. The Hall–Kier alpha value is -0.100. The Balaban J connectivity index is 2.41. The number of sulfone groups is 1. The number of carbonyl (C=O) groups is 1. The maximum Gasteiger partial charge on any atom is 0.235 e. The van der Waals surface area contributed by atoms with Crippen LogP contribution >= 0.6 is 15.9 Å². The second-order valence-corrected chi connectivity index (χ2v) is 7.39. The van der Waals surface area contributed by atoms with Gasteiger partial charge in [0.2, 0.25) is 5.91 Å². The Kier molecular flexibility index (Phi) is 4.79. The molecular formula is C10H18BrNO3S. The van der Waals surface area contributed by atoms with Crippen LogP contribution in [0.5, 0.6) is 0 Å². The molecule has 0 aromatic carbocycles. The predicted molar refractivity (Wildman–Crippen MR) is 67.4 cm³/mol. The molecule has 1 rings (SSSR count). The molecule has 0 unspecified atom stereocenters. The lowest BCUT2D eigenvalue weighted by Gasteiger charge is -2.26. The van der Waals surface area contributed by atoms with Crippen LogP contribution in [0.3, 0.4) is 0 Å². The van der Waals surface area contributed by atoms with Crippen LogP contribution in [-0.4, -0.2) is 38.2 Å². The smallest absolute Gasteiger partial charge is 0.235 e. The Labute approximate surface area is 105 Å². The number of carbonyl (C=O) groups excluding carboxylic acids is 1. The molecule has 0 aromatic rings. The van der Waals surface area contributed by atoms with Crippen molar-refractivity contribution in [3.63, 3.8) is 0 Å². The van der Waals surface area contributed by atoms with Crippen molar-refractivity contribution in [1.29, 1.82) is 0 Å². The van der Waals surface area contributed by atoms with Crippen molar-refractivity contribution in [2.75, 3.05) is 23.9 Å².